The van der Waals surface area contributed by atoms with E-state index in [1.165, 1.54) is 18.9 Å². The van der Waals surface area contributed by atoms with Gasteiger partial charge in [0.1, 0.15) is 6.10 Å². The summed E-state index contributed by atoms with van der Waals surface area (Å²) in [5, 5.41) is 7.42. The van der Waals surface area contributed by atoms with Crippen molar-refractivity contribution in [3.63, 3.8) is 0 Å². The maximum Gasteiger partial charge on any atom is 0.255 e. The molecule has 2 heterocycles. The molecule has 1 saturated carbocycles. The number of rotatable bonds is 3. The second kappa shape index (κ2) is 6.17. The average Bonchev–Trinajstić information content (AvgIpc) is 3.29. The molecular formula is C19H22FN3O2. The first kappa shape index (κ1) is 16.1. The van der Waals surface area contributed by atoms with Crippen LogP contribution in [0.5, 0.6) is 5.75 Å². The Labute approximate surface area is 146 Å². The zero-order chi connectivity index (χ0) is 17.6. The summed E-state index contributed by atoms with van der Waals surface area (Å²) in [7, 11) is 0. The zero-order valence-electron chi connectivity index (χ0n) is 14.5. The summed E-state index contributed by atoms with van der Waals surface area (Å²) in [6, 6.07) is 4.82. The molecule has 0 bridgehead atoms. The normalized spacial score (nSPS) is 22.7. The van der Waals surface area contributed by atoms with Gasteiger partial charge >= 0.3 is 0 Å². The van der Waals surface area contributed by atoms with Crippen LogP contribution in [0, 0.1) is 12.7 Å². The number of para-hydroxylation sites is 1. The van der Waals surface area contributed by atoms with E-state index in [4.69, 9.17) is 4.74 Å². The van der Waals surface area contributed by atoms with E-state index < -0.39 is 5.82 Å². The van der Waals surface area contributed by atoms with Gasteiger partial charge in [0.2, 0.25) is 0 Å². The molecule has 25 heavy (non-hydrogen) atoms. The fourth-order valence-corrected chi connectivity index (χ4v) is 3.98. The van der Waals surface area contributed by atoms with E-state index in [-0.39, 0.29) is 23.8 Å². The molecule has 4 rings (SSSR count). The molecule has 2 aromatic rings. The molecule has 0 radical (unpaired) electrons. The third kappa shape index (κ3) is 2.69. The predicted octanol–water partition coefficient (Wildman–Crippen LogP) is 3.70. The van der Waals surface area contributed by atoms with Crippen molar-refractivity contribution in [3.05, 3.63) is 47.0 Å². The topological polar surface area (TPSA) is 56.1 Å². The van der Waals surface area contributed by atoms with Crippen molar-refractivity contribution < 1.29 is 13.9 Å². The third-order valence-electron chi connectivity index (χ3n) is 5.35. The first-order chi connectivity index (χ1) is 12.1. The van der Waals surface area contributed by atoms with Crippen LogP contribution in [0.1, 0.15) is 66.3 Å². The van der Waals surface area contributed by atoms with E-state index in [1.807, 2.05) is 18.5 Å². The van der Waals surface area contributed by atoms with Crippen molar-refractivity contribution in [3.8, 4) is 5.75 Å². The van der Waals surface area contributed by atoms with Gasteiger partial charge in [0.25, 0.3) is 5.91 Å². The van der Waals surface area contributed by atoms with E-state index in [9.17, 15) is 9.18 Å². The standard InChI is InChI=1S/C19H22FN3O2/c1-11-15(10-21-23(11)13-6-3-4-7-13)19(24)22-17-12(2)25-18-14(17)8-5-9-16(18)20/h5,8-10,12-13,17H,3-4,6-7H2,1-2H3,(H,22,24). The molecule has 0 saturated heterocycles. The average molecular weight is 343 g/mol. The second-order valence-electron chi connectivity index (χ2n) is 6.96. The van der Waals surface area contributed by atoms with Crippen LogP contribution < -0.4 is 10.1 Å². The molecule has 1 fully saturated rings. The first-order valence-corrected chi connectivity index (χ1v) is 8.86. The molecule has 0 spiro atoms. The van der Waals surface area contributed by atoms with E-state index >= 15 is 0 Å². The Bertz CT molecular complexity index is 811. The van der Waals surface area contributed by atoms with Gasteiger partial charge in [-0.05, 0) is 32.8 Å². The molecule has 1 aromatic carbocycles. The van der Waals surface area contributed by atoms with Crippen LogP contribution in [0.3, 0.4) is 0 Å². The van der Waals surface area contributed by atoms with Gasteiger partial charge in [0.05, 0.1) is 23.8 Å². The first-order valence-electron chi connectivity index (χ1n) is 8.86. The summed E-state index contributed by atoms with van der Waals surface area (Å²) in [4.78, 5) is 12.8. The zero-order valence-corrected chi connectivity index (χ0v) is 14.5. The number of carbonyl (C=O) groups is 1. The molecule has 1 amide bonds. The highest BCUT2D eigenvalue weighted by Crippen LogP contribution is 2.38. The minimum Gasteiger partial charge on any atom is -0.485 e. The van der Waals surface area contributed by atoms with Gasteiger partial charge in [-0.1, -0.05) is 25.0 Å². The number of benzene rings is 1. The molecule has 5 nitrogen and oxygen atoms in total. The van der Waals surface area contributed by atoms with Crippen LogP contribution >= 0.6 is 0 Å². The minimum atomic E-state index is -0.397. The Morgan fingerprint density at radius 2 is 2.12 bits per heavy atom. The molecule has 132 valence electrons. The molecule has 1 aliphatic carbocycles. The molecule has 2 aliphatic rings. The van der Waals surface area contributed by atoms with E-state index in [0.29, 0.717) is 17.2 Å². The minimum absolute atomic E-state index is 0.195. The van der Waals surface area contributed by atoms with Gasteiger partial charge in [0.15, 0.2) is 11.6 Å². The van der Waals surface area contributed by atoms with Gasteiger partial charge in [-0.3, -0.25) is 9.48 Å². The summed E-state index contributed by atoms with van der Waals surface area (Å²) < 4.78 is 21.5. The summed E-state index contributed by atoms with van der Waals surface area (Å²) in [6.07, 6.45) is 5.97. The van der Waals surface area contributed by atoms with E-state index in [1.54, 1.807) is 18.3 Å². The van der Waals surface area contributed by atoms with Crippen LogP contribution in [0.2, 0.25) is 0 Å². The lowest BCUT2D eigenvalue weighted by molar-refractivity contribution is 0.0907. The van der Waals surface area contributed by atoms with Crippen molar-refractivity contribution in [2.75, 3.05) is 0 Å². The van der Waals surface area contributed by atoms with Crippen LogP contribution in [-0.4, -0.2) is 21.8 Å². The molecule has 1 aromatic heterocycles. The number of hydrogen-bond donors (Lipinski definition) is 1. The van der Waals surface area contributed by atoms with E-state index in [0.717, 1.165) is 18.5 Å². The summed E-state index contributed by atoms with van der Waals surface area (Å²) in [5.41, 5.74) is 2.14. The van der Waals surface area contributed by atoms with Crippen molar-refractivity contribution in [2.24, 2.45) is 0 Å². The van der Waals surface area contributed by atoms with Gasteiger partial charge < -0.3 is 10.1 Å². The Morgan fingerprint density at radius 1 is 1.36 bits per heavy atom. The number of halogens is 1. The monoisotopic (exact) mass is 343 g/mol. The fourth-order valence-electron chi connectivity index (χ4n) is 3.98. The lowest BCUT2D eigenvalue weighted by Crippen LogP contribution is -2.34. The van der Waals surface area contributed by atoms with Gasteiger partial charge in [0, 0.05) is 11.3 Å². The van der Waals surface area contributed by atoms with Crippen LogP contribution in [0.4, 0.5) is 4.39 Å². The van der Waals surface area contributed by atoms with Gasteiger partial charge in [-0.2, -0.15) is 5.10 Å². The van der Waals surface area contributed by atoms with Gasteiger partial charge in [-0.15, -0.1) is 0 Å². The summed E-state index contributed by atoms with van der Waals surface area (Å²) >= 11 is 0. The highest BCUT2D eigenvalue weighted by Gasteiger charge is 2.35. The number of hydrogen-bond acceptors (Lipinski definition) is 3. The van der Waals surface area contributed by atoms with E-state index in [2.05, 4.69) is 10.4 Å². The highest BCUT2D eigenvalue weighted by molar-refractivity contribution is 5.95. The molecule has 2 atom stereocenters. The second-order valence-corrected chi connectivity index (χ2v) is 6.96. The fraction of sp³-hybridized carbons (Fsp3) is 0.474. The van der Waals surface area contributed by atoms with Crippen molar-refractivity contribution in [1.29, 1.82) is 0 Å². The van der Waals surface area contributed by atoms with Crippen LogP contribution in [0.15, 0.2) is 24.4 Å². The van der Waals surface area contributed by atoms with Crippen LogP contribution in [-0.2, 0) is 0 Å². The van der Waals surface area contributed by atoms with Crippen molar-refractivity contribution in [1.82, 2.24) is 15.1 Å². The quantitative estimate of drug-likeness (QED) is 0.924. The Morgan fingerprint density at radius 3 is 2.88 bits per heavy atom. The lowest BCUT2D eigenvalue weighted by Gasteiger charge is -2.17. The van der Waals surface area contributed by atoms with Crippen molar-refractivity contribution >= 4 is 5.91 Å². The number of fused-ring (bicyclic) bond motifs is 1. The molecule has 2 unspecified atom stereocenters. The molecule has 6 heteroatoms. The number of ether oxygens (including phenoxy) is 1. The number of carbonyl (C=O) groups excluding carboxylic acids is 1. The number of nitrogens with zero attached hydrogens (tertiary/aromatic N) is 2. The Balaban J connectivity index is 1.56. The largest absolute Gasteiger partial charge is 0.485 e. The molecular weight excluding hydrogens is 321 g/mol. The molecule has 1 aliphatic heterocycles. The maximum atomic E-state index is 13.9. The molecule has 1 N–H and O–H groups in total. The Hall–Kier alpha value is -2.37. The maximum absolute atomic E-state index is 13.9. The lowest BCUT2D eigenvalue weighted by atomic mass is 10.0. The Kier molecular flexibility index (Phi) is 3.98. The number of aromatic nitrogens is 2. The third-order valence-corrected chi connectivity index (χ3v) is 5.35. The predicted molar refractivity (Wildman–Crippen MR) is 91.2 cm³/mol. The summed E-state index contributed by atoms with van der Waals surface area (Å²) in [6.45, 7) is 3.77. The smallest absolute Gasteiger partial charge is 0.255 e. The summed E-state index contributed by atoms with van der Waals surface area (Å²) in [5.74, 6) is -0.357. The van der Waals surface area contributed by atoms with Crippen molar-refractivity contribution in [2.45, 2.75) is 57.7 Å². The SMILES string of the molecule is Cc1c(C(=O)NC2c3cccc(F)c3OC2C)cnn1C1CCCC1. The van der Waals surface area contributed by atoms with Crippen LogP contribution in [0.25, 0.3) is 0 Å². The van der Waals surface area contributed by atoms with Gasteiger partial charge in [-0.25, -0.2) is 4.39 Å². The highest BCUT2D eigenvalue weighted by atomic mass is 19.1. The number of amides is 1. The number of nitrogens with one attached hydrogen (secondary N) is 1.